The van der Waals surface area contributed by atoms with E-state index >= 15 is 0 Å². The summed E-state index contributed by atoms with van der Waals surface area (Å²) >= 11 is -1.29. The molecule has 1 unspecified atom stereocenters. The Bertz CT molecular complexity index is 353. The molecule has 0 amide bonds. The van der Waals surface area contributed by atoms with Crippen LogP contribution in [0.15, 0.2) is 29.2 Å². The molecule has 1 saturated carbocycles. The van der Waals surface area contributed by atoms with Gasteiger partial charge in [-0.05, 0) is 31.9 Å². The Hall–Kier alpha value is -0.670. The molecule has 1 fully saturated rings. The van der Waals surface area contributed by atoms with E-state index in [1.165, 1.54) is 24.8 Å². The van der Waals surface area contributed by atoms with Crippen LogP contribution in [0.2, 0.25) is 0 Å². The zero-order valence-electron chi connectivity index (χ0n) is 9.65. The average molecular weight is 238 g/mol. The molecule has 0 saturated heterocycles. The van der Waals surface area contributed by atoms with E-state index < -0.39 is 11.1 Å². The molecule has 0 bridgehead atoms. The number of hydrogen-bond donors (Lipinski definition) is 0. The highest BCUT2D eigenvalue weighted by Gasteiger charge is 2.17. The van der Waals surface area contributed by atoms with Gasteiger partial charge in [-0.3, -0.25) is 4.18 Å². The molecule has 1 aromatic rings. The molecular formula is C13H18O2S. The number of benzene rings is 1. The van der Waals surface area contributed by atoms with Gasteiger partial charge in [0.1, 0.15) is 0 Å². The lowest BCUT2D eigenvalue weighted by Gasteiger charge is -2.20. The third-order valence-electron chi connectivity index (χ3n) is 2.99. The van der Waals surface area contributed by atoms with Crippen molar-refractivity contribution in [2.24, 2.45) is 0 Å². The fourth-order valence-corrected chi connectivity index (χ4v) is 2.90. The Labute approximate surface area is 99.7 Å². The van der Waals surface area contributed by atoms with Gasteiger partial charge in [-0.25, -0.2) is 4.21 Å². The van der Waals surface area contributed by atoms with Crippen LogP contribution in [0.3, 0.4) is 0 Å². The van der Waals surface area contributed by atoms with E-state index in [1.807, 2.05) is 31.2 Å². The van der Waals surface area contributed by atoms with Crippen molar-refractivity contribution in [3.8, 4) is 0 Å². The third kappa shape index (κ3) is 3.16. The average Bonchev–Trinajstić information content (AvgIpc) is 2.31. The minimum absolute atomic E-state index is 0.191. The predicted molar refractivity (Wildman–Crippen MR) is 65.5 cm³/mol. The quantitative estimate of drug-likeness (QED) is 0.807. The van der Waals surface area contributed by atoms with Gasteiger partial charge in [0.15, 0.2) is 11.1 Å². The first kappa shape index (κ1) is 11.8. The Morgan fingerprint density at radius 1 is 1.12 bits per heavy atom. The van der Waals surface area contributed by atoms with Gasteiger partial charge in [0.2, 0.25) is 0 Å². The highest BCUT2D eigenvalue weighted by atomic mass is 32.2. The molecular weight excluding hydrogens is 220 g/mol. The van der Waals surface area contributed by atoms with Crippen LogP contribution in [-0.4, -0.2) is 10.3 Å². The first-order valence-corrected chi connectivity index (χ1v) is 6.99. The summed E-state index contributed by atoms with van der Waals surface area (Å²) < 4.78 is 17.5. The maximum absolute atomic E-state index is 11.9. The first-order chi connectivity index (χ1) is 7.75. The molecule has 0 spiro atoms. The highest BCUT2D eigenvalue weighted by molar-refractivity contribution is 7.80. The number of hydrogen-bond acceptors (Lipinski definition) is 2. The molecule has 2 rings (SSSR count). The smallest absolute Gasteiger partial charge is 0.189 e. The summed E-state index contributed by atoms with van der Waals surface area (Å²) in [7, 11) is 0. The minimum Gasteiger partial charge on any atom is -0.283 e. The second-order valence-corrected chi connectivity index (χ2v) is 5.54. The maximum Gasteiger partial charge on any atom is 0.189 e. The van der Waals surface area contributed by atoms with Crippen LogP contribution in [0.25, 0.3) is 0 Å². The van der Waals surface area contributed by atoms with Gasteiger partial charge in [0.25, 0.3) is 0 Å². The predicted octanol–water partition coefficient (Wildman–Crippen LogP) is 3.37. The van der Waals surface area contributed by atoms with Crippen molar-refractivity contribution in [1.82, 2.24) is 0 Å². The van der Waals surface area contributed by atoms with Gasteiger partial charge in [-0.15, -0.1) is 0 Å². The standard InChI is InChI=1S/C13H18O2S/c1-11-7-9-13(10-8-11)16(14)15-12-5-3-2-4-6-12/h7-10,12H,2-6H2,1H3. The van der Waals surface area contributed by atoms with Crippen LogP contribution in [0.4, 0.5) is 0 Å². The van der Waals surface area contributed by atoms with E-state index in [9.17, 15) is 4.21 Å². The highest BCUT2D eigenvalue weighted by Crippen LogP contribution is 2.22. The van der Waals surface area contributed by atoms with Crippen molar-refractivity contribution in [3.63, 3.8) is 0 Å². The van der Waals surface area contributed by atoms with Crippen LogP contribution in [-0.2, 0) is 15.3 Å². The largest absolute Gasteiger partial charge is 0.283 e. The monoisotopic (exact) mass is 238 g/mol. The molecule has 2 nitrogen and oxygen atoms in total. The molecule has 3 heteroatoms. The van der Waals surface area contributed by atoms with Gasteiger partial charge in [-0.2, -0.15) is 0 Å². The summed E-state index contributed by atoms with van der Waals surface area (Å²) in [6.07, 6.45) is 5.99. The van der Waals surface area contributed by atoms with E-state index in [2.05, 4.69) is 0 Å². The Balaban J connectivity index is 1.94. The zero-order chi connectivity index (χ0) is 11.4. The second-order valence-electron chi connectivity index (χ2n) is 4.40. The summed E-state index contributed by atoms with van der Waals surface area (Å²) in [5, 5.41) is 0. The summed E-state index contributed by atoms with van der Waals surface area (Å²) in [4.78, 5) is 0.774. The fourth-order valence-electron chi connectivity index (χ4n) is 1.99. The van der Waals surface area contributed by atoms with Crippen LogP contribution < -0.4 is 0 Å². The summed E-state index contributed by atoms with van der Waals surface area (Å²) in [6, 6.07) is 7.71. The lowest BCUT2D eigenvalue weighted by molar-refractivity contribution is 0.174. The van der Waals surface area contributed by atoms with Gasteiger partial charge < -0.3 is 0 Å². The molecule has 1 aromatic carbocycles. The molecule has 0 N–H and O–H groups in total. The van der Waals surface area contributed by atoms with E-state index in [0.29, 0.717) is 0 Å². The molecule has 1 aliphatic carbocycles. The lowest BCUT2D eigenvalue weighted by atomic mass is 9.98. The van der Waals surface area contributed by atoms with E-state index in [0.717, 1.165) is 17.7 Å². The van der Waals surface area contributed by atoms with Crippen molar-refractivity contribution in [3.05, 3.63) is 29.8 Å². The fraction of sp³-hybridized carbons (Fsp3) is 0.538. The summed E-state index contributed by atoms with van der Waals surface area (Å²) in [6.45, 7) is 2.02. The first-order valence-electron chi connectivity index (χ1n) is 5.91. The Morgan fingerprint density at radius 3 is 2.38 bits per heavy atom. The molecule has 0 aromatic heterocycles. The third-order valence-corrected chi connectivity index (χ3v) is 4.09. The minimum atomic E-state index is -1.29. The molecule has 0 aliphatic heterocycles. The van der Waals surface area contributed by atoms with Gasteiger partial charge in [-0.1, -0.05) is 37.0 Å². The second kappa shape index (κ2) is 5.60. The van der Waals surface area contributed by atoms with Crippen LogP contribution in [0.5, 0.6) is 0 Å². The number of rotatable bonds is 3. The molecule has 16 heavy (non-hydrogen) atoms. The summed E-state index contributed by atoms with van der Waals surface area (Å²) in [5.74, 6) is 0. The van der Waals surface area contributed by atoms with Crippen molar-refractivity contribution >= 4 is 11.1 Å². The van der Waals surface area contributed by atoms with E-state index in [-0.39, 0.29) is 6.10 Å². The van der Waals surface area contributed by atoms with Crippen molar-refractivity contribution in [1.29, 1.82) is 0 Å². The van der Waals surface area contributed by atoms with E-state index in [1.54, 1.807) is 0 Å². The molecule has 1 atom stereocenters. The Morgan fingerprint density at radius 2 is 1.75 bits per heavy atom. The lowest BCUT2D eigenvalue weighted by Crippen LogP contribution is -2.17. The van der Waals surface area contributed by atoms with E-state index in [4.69, 9.17) is 4.18 Å². The van der Waals surface area contributed by atoms with Crippen molar-refractivity contribution in [2.45, 2.75) is 50.0 Å². The SMILES string of the molecule is Cc1ccc(S(=O)OC2CCCCC2)cc1. The molecule has 0 radical (unpaired) electrons. The molecule has 88 valence electrons. The summed E-state index contributed by atoms with van der Waals surface area (Å²) in [5.41, 5.74) is 1.18. The van der Waals surface area contributed by atoms with Gasteiger partial charge >= 0.3 is 0 Å². The van der Waals surface area contributed by atoms with Gasteiger partial charge in [0, 0.05) is 0 Å². The van der Waals surface area contributed by atoms with Crippen molar-refractivity contribution in [2.75, 3.05) is 0 Å². The Kier molecular flexibility index (Phi) is 4.13. The maximum atomic E-state index is 11.9. The normalized spacial score (nSPS) is 19.6. The van der Waals surface area contributed by atoms with Crippen LogP contribution in [0, 0.1) is 6.92 Å². The topological polar surface area (TPSA) is 26.3 Å². The van der Waals surface area contributed by atoms with Gasteiger partial charge in [0.05, 0.1) is 11.0 Å². The van der Waals surface area contributed by atoms with Crippen molar-refractivity contribution < 1.29 is 8.39 Å². The van der Waals surface area contributed by atoms with Crippen LogP contribution in [0.1, 0.15) is 37.7 Å². The van der Waals surface area contributed by atoms with Crippen LogP contribution >= 0.6 is 0 Å². The zero-order valence-corrected chi connectivity index (χ0v) is 10.5. The number of aryl methyl sites for hydroxylation is 1. The molecule has 1 aliphatic rings. The molecule has 0 heterocycles.